The third-order valence-corrected chi connectivity index (χ3v) is 8.70. The number of carbonyl (C=O) groups is 2. The first-order valence-corrected chi connectivity index (χ1v) is 14.9. The topological polar surface area (TPSA) is 86.8 Å². The number of carbonyl (C=O) groups excluding carboxylic acids is 2. The van der Waals surface area contributed by atoms with Crippen molar-refractivity contribution < 1.29 is 18.0 Å². The molecule has 0 aliphatic heterocycles. The monoisotopic (exact) mass is 589 g/mol. The number of hydrogen-bond acceptors (Lipinski definition) is 4. The largest absolute Gasteiger partial charge is 0.352 e. The van der Waals surface area contributed by atoms with E-state index in [0.29, 0.717) is 6.42 Å². The first-order chi connectivity index (χ1) is 18.6. The quantitative estimate of drug-likeness (QED) is 0.284. The zero-order valence-corrected chi connectivity index (χ0v) is 24.5. The normalized spacial score (nSPS) is 12.8. The highest BCUT2D eigenvalue weighted by atomic mass is 35.5. The van der Waals surface area contributed by atoms with E-state index in [2.05, 4.69) is 5.32 Å². The molecule has 2 amide bonds. The maximum absolute atomic E-state index is 14.0. The Morgan fingerprint density at radius 1 is 0.897 bits per heavy atom. The number of sulfonamides is 1. The summed E-state index contributed by atoms with van der Waals surface area (Å²) < 4.78 is 28.6. The molecule has 0 saturated heterocycles. The second kappa shape index (κ2) is 13.8. The van der Waals surface area contributed by atoms with E-state index in [1.807, 2.05) is 51.1 Å². The molecule has 39 heavy (non-hydrogen) atoms. The van der Waals surface area contributed by atoms with Gasteiger partial charge in [0.05, 0.1) is 15.6 Å². The van der Waals surface area contributed by atoms with E-state index in [-0.39, 0.29) is 39.1 Å². The van der Waals surface area contributed by atoms with Crippen molar-refractivity contribution in [1.82, 2.24) is 10.2 Å². The van der Waals surface area contributed by atoms with Crippen LogP contribution in [0.4, 0.5) is 5.69 Å². The molecule has 3 aromatic rings. The average Bonchev–Trinajstić information content (AvgIpc) is 2.93. The number of nitrogens with zero attached hydrogens (tertiary/aromatic N) is 2. The molecule has 0 aliphatic rings. The van der Waals surface area contributed by atoms with Gasteiger partial charge in [0.15, 0.2) is 0 Å². The number of hydrogen-bond donors (Lipinski definition) is 1. The zero-order valence-electron chi connectivity index (χ0n) is 22.2. The Kier molecular flexibility index (Phi) is 10.8. The van der Waals surface area contributed by atoms with Crippen LogP contribution in [0.5, 0.6) is 0 Å². The van der Waals surface area contributed by atoms with Crippen LogP contribution in [0.25, 0.3) is 0 Å². The van der Waals surface area contributed by atoms with Gasteiger partial charge in [-0.3, -0.25) is 13.9 Å². The highest BCUT2D eigenvalue weighted by Crippen LogP contribution is 2.33. The van der Waals surface area contributed by atoms with Crippen LogP contribution in [0.2, 0.25) is 10.0 Å². The molecule has 10 heteroatoms. The van der Waals surface area contributed by atoms with E-state index in [1.54, 1.807) is 18.2 Å². The predicted molar refractivity (Wildman–Crippen MR) is 156 cm³/mol. The molecular weight excluding hydrogens is 557 g/mol. The third kappa shape index (κ3) is 7.75. The molecule has 0 fully saturated rings. The first-order valence-electron chi connectivity index (χ1n) is 12.7. The van der Waals surface area contributed by atoms with Crippen molar-refractivity contribution in [1.29, 1.82) is 0 Å². The summed E-state index contributed by atoms with van der Waals surface area (Å²) in [5.41, 5.74) is 0.872. The second-order valence-corrected chi connectivity index (χ2v) is 11.9. The SMILES string of the molecule is CC[C@@H](C)NC(=O)[C@@H](CC)N(Cc1ccccc1)C(=O)CN(c1cc(Cl)ccc1Cl)S(=O)(=O)c1ccccc1. The summed E-state index contributed by atoms with van der Waals surface area (Å²) in [5, 5.41) is 3.33. The number of amides is 2. The lowest BCUT2D eigenvalue weighted by Crippen LogP contribution is -2.53. The first kappa shape index (κ1) is 30.5. The molecule has 1 N–H and O–H groups in total. The van der Waals surface area contributed by atoms with Crippen molar-refractivity contribution in [3.8, 4) is 0 Å². The predicted octanol–water partition coefficient (Wildman–Crippen LogP) is 5.91. The summed E-state index contributed by atoms with van der Waals surface area (Å²) in [6, 6.07) is 20.6. The van der Waals surface area contributed by atoms with Crippen LogP contribution >= 0.6 is 23.2 Å². The number of nitrogens with one attached hydrogen (secondary N) is 1. The van der Waals surface area contributed by atoms with Gasteiger partial charge in [-0.25, -0.2) is 8.42 Å². The van der Waals surface area contributed by atoms with Crippen LogP contribution in [-0.4, -0.2) is 43.8 Å². The van der Waals surface area contributed by atoms with Crippen LogP contribution in [0.15, 0.2) is 83.8 Å². The van der Waals surface area contributed by atoms with Crippen molar-refractivity contribution >= 4 is 50.7 Å². The van der Waals surface area contributed by atoms with Gasteiger partial charge in [-0.05, 0) is 55.7 Å². The molecule has 0 unspecified atom stereocenters. The van der Waals surface area contributed by atoms with Crippen LogP contribution in [0.3, 0.4) is 0 Å². The molecule has 208 valence electrons. The molecule has 0 aliphatic carbocycles. The Balaban J connectivity index is 2.07. The van der Waals surface area contributed by atoms with Gasteiger partial charge in [0.25, 0.3) is 10.0 Å². The lowest BCUT2D eigenvalue weighted by atomic mass is 10.1. The van der Waals surface area contributed by atoms with E-state index < -0.39 is 28.5 Å². The maximum atomic E-state index is 14.0. The van der Waals surface area contributed by atoms with E-state index in [4.69, 9.17) is 23.2 Å². The van der Waals surface area contributed by atoms with Crippen molar-refractivity contribution in [2.24, 2.45) is 0 Å². The fraction of sp³-hybridized carbons (Fsp3) is 0.310. The van der Waals surface area contributed by atoms with Crippen LogP contribution in [0.1, 0.15) is 39.2 Å². The fourth-order valence-corrected chi connectivity index (χ4v) is 5.93. The van der Waals surface area contributed by atoms with Gasteiger partial charge >= 0.3 is 0 Å². The van der Waals surface area contributed by atoms with E-state index in [0.717, 1.165) is 16.3 Å². The van der Waals surface area contributed by atoms with E-state index in [1.165, 1.54) is 35.2 Å². The number of halogens is 2. The lowest BCUT2D eigenvalue weighted by molar-refractivity contribution is -0.140. The lowest BCUT2D eigenvalue weighted by Gasteiger charge is -2.34. The molecule has 7 nitrogen and oxygen atoms in total. The number of anilines is 1. The minimum absolute atomic E-state index is 0.00925. The summed E-state index contributed by atoms with van der Waals surface area (Å²) in [6.45, 7) is 5.20. The van der Waals surface area contributed by atoms with Gasteiger partial charge in [0, 0.05) is 17.6 Å². The third-order valence-electron chi connectivity index (χ3n) is 6.37. The number of rotatable bonds is 12. The second-order valence-electron chi connectivity index (χ2n) is 9.17. The standard InChI is InChI=1S/C29H33Cl2N3O4S/c1-4-21(3)32-29(36)26(5-2)33(19-22-12-8-6-9-13-22)28(35)20-34(27-18-23(30)16-17-25(27)31)39(37,38)24-14-10-7-11-15-24/h6-18,21,26H,4-5,19-20H2,1-3H3,(H,32,36)/t21-,26-/m1/s1. The molecule has 3 aromatic carbocycles. The summed E-state index contributed by atoms with van der Waals surface area (Å²) in [4.78, 5) is 28.7. The Hall–Kier alpha value is -3.07. The van der Waals surface area contributed by atoms with Crippen molar-refractivity contribution in [3.05, 3.63) is 94.5 Å². The van der Waals surface area contributed by atoms with Crippen LogP contribution in [0, 0.1) is 0 Å². The van der Waals surface area contributed by atoms with Gasteiger partial charge in [-0.2, -0.15) is 0 Å². The summed E-state index contributed by atoms with van der Waals surface area (Å²) >= 11 is 12.6. The van der Waals surface area contributed by atoms with Gasteiger partial charge < -0.3 is 10.2 Å². The summed E-state index contributed by atoms with van der Waals surface area (Å²) in [7, 11) is -4.23. The van der Waals surface area contributed by atoms with Gasteiger partial charge in [0.1, 0.15) is 12.6 Å². The molecule has 0 bridgehead atoms. The molecular formula is C29H33Cl2N3O4S. The Morgan fingerprint density at radius 3 is 2.10 bits per heavy atom. The highest BCUT2D eigenvalue weighted by molar-refractivity contribution is 7.92. The van der Waals surface area contributed by atoms with Crippen molar-refractivity contribution in [3.63, 3.8) is 0 Å². The molecule has 0 spiro atoms. The summed E-state index contributed by atoms with van der Waals surface area (Å²) in [5.74, 6) is -0.852. The molecule has 2 atom stereocenters. The minimum atomic E-state index is -4.23. The molecule has 0 aromatic heterocycles. The van der Waals surface area contributed by atoms with E-state index >= 15 is 0 Å². The van der Waals surface area contributed by atoms with Gasteiger partial charge in [-0.1, -0.05) is 85.6 Å². The van der Waals surface area contributed by atoms with Crippen molar-refractivity contribution in [2.45, 2.75) is 57.1 Å². The molecule has 0 heterocycles. The van der Waals surface area contributed by atoms with Crippen LogP contribution < -0.4 is 9.62 Å². The van der Waals surface area contributed by atoms with Crippen molar-refractivity contribution in [2.75, 3.05) is 10.8 Å². The fourth-order valence-electron chi connectivity index (χ4n) is 4.05. The average molecular weight is 591 g/mol. The molecule has 0 radical (unpaired) electrons. The Labute approximate surface area is 240 Å². The Morgan fingerprint density at radius 2 is 1.51 bits per heavy atom. The number of benzene rings is 3. The molecule has 3 rings (SSSR count). The smallest absolute Gasteiger partial charge is 0.264 e. The van der Waals surface area contributed by atoms with Gasteiger partial charge in [0.2, 0.25) is 11.8 Å². The maximum Gasteiger partial charge on any atom is 0.264 e. The minimum Gasteiger partial charge on any atom is -0.352 e. The zero-order chi connectivity index (χ0) is 28.6. The van der Waals surface area contributed by atoms with Crippen LogP contribution in [-0.2, 0) is 26.2 Å². The van der Waals surface area contributed by atoms with Gasteiger partial charge in [-0.15, -0.1) is 0 Å². The molecule has 0 saturated carbocycles. The van der Waals surface area contributed by atoms with E-state index in [9.17, 15) is 18.0 Å². The highest BCUT2D eigenvalue weighted by Gasteiger charge is 2.34. The Bertz CT molecular complexity index is 1370. The summed E-state index contributed by atoms with van der Waals surface area (Å²) in [6.07, 6.45) is 1.06.